The van der Waals surface area contributed by atoms with E-state index >= 15 is 0 Å². The Bertz CT molecular complexity index is 357. The molecule has 0 aliphatic rings. The molecular formula is C12H14FNO. The second-order valence-corrected chi connectivity index (χ2v) is 3.37. The van der Waals surface area contributed by atoms with E-state index in [0.717, 1.165) is 18.4 Å². The average molecular weight is 207 g/mol. The number of halogens is 1. The number of aryl methyl sites for hydroxylation is 1. The fourth-order valence-electron chi connectivity index (χ4n) is 1.22. The Morgan fingerprint density at radius 3 is 2.93 bits per heavy atom. The normalized spacial score (nSPS) is 9.67. The van der Waals surface area contributed by atoms with Crippen LogP contribution in [0, 0.1) is 24.1 Å². The molecule has 80 valence electrons. The van der Waals surface area contributed by atoms with E-state index in [0.29, 0.717) is 18.8 Å². The molecule has 0 aliphatic heterocycles. The van der Waals surface area contributed by atoms with Gasteiger partial charge in [-0.1, -0.05) is 6.07 Å². The molecule has 1 aromatic carbocycles. The average Bonchev–Trinajstić information content (AvgIpc) is 2.23. The highest BCUT2D eigenvalue weighted by molar-refractivity contribution is 5.32. The van der Waals surface area contributed by atoms with E-state index in [1.165, 1.54) is 12.1 Å². The predicted octanol–water partition coefficient (Wildman–Crippen LogP) is 3.21. The second-order valence-electron chi connectivity index (χ2n) is 3.37. The van der Waals surface area contributed by atoms with Gasteiger partial charge < -0.3 is 4.74 Å². The van der Waals surface area contributed by atoms with Crippen molar-refractivity contribution in [3.05, 3.63) is 29.6 Å². The monoisotopic (exact) mass is 207 g/mol. The van der Waals surface area contributed by atoms with Gasteiger partial charge in [-0.2, -0.15) is 5.26 Å². The first-order chi connectivity index (χ1) is 7.24. The van der Waals surface area contributed by atoms with Crippen LogP contribution in [0.5, 0.6) is 5.75 Å². The molecule has 0 aromatic heterocycles. The summed E-state index contributed by atoms with van der Waals surface area (Å²) in [4.78, 5) is 0. The van der Waals surface area contributed by atoms with E-state index in [-0.39, 0.29) is 5.82 Å². The number of nitrogens with zero attached hydrogens (tertiary/aromatic N) is 1. The third-order valence-corrected chi connectivity index (χ3v) is 2.09. The Balaban J connectivity index is 2.37. The quantitative estimate of drug-likeness (QED) is 0.694. The van der Waals surface area contributed by atoms with Gasteiger partial charge in [0.2, 0.25) is 0 Å². The molecule has 0 atom stereocenters. The van der Waals surface area contributed by atoms with Crippen molar-refractivity contribution in [2.45, 2.75) is 26.2 Å². The summed E-state index contributed by atoms with van der Waals surface area (Å²) in [6.45, 7) is 2.41. The van der Waals surface area contributed by atoms with Crippen LogP contribution in [-0.4, -0.2) is 6.61 Å². The van der Waals surface area contributed by atoms with Crippen LogP contribution in [-0.2, 0) is 0 Å². The van der Waals surface area contributed by atoms with Crippen LogP contribution in [0.1, 0.15) is 24.8 Å². The molecule has 2 nitrogen and oxygen atoms in total. The lowest BCUT2D eigenvalue weighted by Gasteiger charge is -2.08. The molecule has 0 spiro atoms. The molecule has 1 aromatic rings. The van der Waals surface area contributed by atoms with Crippen molar-refractivity contribution < 1.29 is 9.13 Å². The third kappa shape index (κ3) is 3.99. The molecule has 15 heavy (non-hydrogen) atoms. The standard InChI is InChI=1S/C12H14FNO/c1-10-5-6-11(13)9-12(10)15-8-4-2-3-7-14/h5-6,9H,2-4,8H2,1H3. The Morgan fingerprint density at radius 1 is 1.40 bits per heavy atom. The smallest absolute Gasteiger partial charge is 0.126 e. The van der Waals surface area contributed by atoms with Gasteiger partial charge in [0.25, 0.3) is 0 Å². The minimum atomic E-state index is -0.285. The summed E-state index contributed by atoms with van der Waals surface area (Å²) in [6, 6.07) is 6.57. The van der Waals surface area contributed by atoms with Gasteiger partial charge in [0.05, 0.1) is 12.7 Å². The molecule has 3 heteroatoms. The summed E-state index contributed by atoms with van der Waals surface area (Å²) in [7, 11) is 0. The van der Waals surface area contributed by atoms with Crippen molar-refractivity contribution in [1.82, 2.24) is 0 Å². The summed E-state index contributed by atoms with van der Waals surface area (Å²) < 4.78 is 18.3. The summed E-state index contributed by atoms with van der Waals surface area (Å²) in [5.74, 6) is 0.305. The van der Waals surface area contributed by atoms with Gasteiger partial charge in [0.1, 0.15) is 11.6 Å². The minimum Gasteiger partial charge on any atom is -0.493 e. The molecule has 0 saturated carbocycles. The summed E-state index contributed by atoms with van der Waals surface area (Å²) in [5, 5.41) is 8.32. The maximum absolute atomic E-state index is 12.9. The zero-order valence-electron chi connectivity index (χ0n) is 8.79. The number of ether oxygens (including phenoxy) is 1. The van der Waals surface area contributed by atoms with E-state index in [1.54, 1.807) is 6.07 Å². The molecule has 0 N–H and O–H groups in total. The molecule has 0 heterocycles. The van der Waals surface area contributed by atoms with Crippen LogP contribution < -0.4 is 4.74 Å². The van der Waals surface area contributed by atoms with Gasteiger partial charge in [0.15, 0.2) is 0 Å². The van der Waals surface area contributed by atoms with E-state index in [9.17, 15) is 4.39 Å². The van der Waals surface area contributed by atoms with E-state index < -0.39 is 0 Å². The van der Waals surface area contributed by atoms with Crippen LogP contribution in [0.15, 0.2) is 18.2 Å². The number of hydrogen-bond donors (Lipinski definition) is 0. The first-order valence-corrected chi connectivity index (χ1v) is 5.00. The zero-order valence-corrected chi connectivity index (χ0v) is 8.79. The van der Waals surface area contributed by atoms with E-state index in [4.69, 9.17) is 10.00 Å². The van der Waals surface area contributed by atoms with Gasteiger partial charge in [-0.05, 0) is 31.4 Å². The fourth-order valence-corrected chi connectivity index (χ4v) is 1.22. The number of unbranched alkanes of at least 4 members (excludes halogenated alkanes) is 2. The molecule has 0 amide bonds. The van der Waals surface area contributed by atoms with E-state index in [2.05, 4.69) is 6.07 Å². The van der Waals surface area contributed by atoms with Gasteiger partial charge in [-0.3, -0.25) is 0 Å². The molecule has 0 bridgehead atoms. The van der Waals surface area contributed by atoms with Gasteiger partial charge >= 0.3 is 0 Å². The van der Waals surface area contributed by atoms with Gasteiger partial charge in [0, 0.05) is 12.5 Å². The third-order valence-electron chi connectivity index (χ3n) is 2.09. The SMILES string of the molecule is Cc1ccc(F)cc1OCCCCC#N. The van der Waals surface area contributed by atoms with Crippen molar-refractivity contribution in [2.24, 2.45) is 0 Å². The minimum absolute atomic E-state index is 0.285. The maximum atomic E-state index is 12.9. The number of benzene rings is 1. The molecule has 0 aliphatic carbocycles. The molecule has 0 radical (unpaired) electrons. The highest BCUT2D eigenvalue weighted by Gasteiger charge is 2.00. The number of rotatable bonds is 5. The summed E-state index contributed by atoms with van der Waals surface area (Å²) in [5.41, 5.74) is 0.927. The second kappa shape index (κ2) is 6.02. The molecular weight excluding hydrogens is 193 g/mol. The zero-order chi connectivity index (χ0) is 11.1. The predicted molar refractivity (Wildman–Crippen MR) is 56.1 cm³/mol. The van der Waals surface area contributed by atoms with Crippen LogP contribution >= 0.6 is 0 Å². The van der Waals surface area contributed by atoms with Crippen LogP contribution in [0.2, 0.25) is 0 Å². The van der Waals surface area contributed by atoms with Crippen molar-refractivity contribution in [3.63, 3.8) is 0 Å². The van der Waals surface area contributed by atoms with E-state index in [1.807, 2.05) is 6.92 Å². The first kappa shape index (κ1) is 11.5. The van der Waals surface area contributed by atoms with Crippen molar-refractivity contribution in [2.75, 3.05) is 6.61 Å². The van der Waals surface area contributed by atoms with Gasteiger partial charge in [-0.15, -0.1) is 0 Å². The first-order valence-electron chi connectivity index (χ1n) is 5.00. The molecule has 0 saturated heterocycles. The molecule has 0 fully saturated rings. The van der Waals surface area contributed by atoms with Crippen molar-refractivity contribution >= 4 is 0 Å². The Kier molecular flexibility index (Phi) is 4.62. The lowest BCUT2D eigenvalue weighted by molar-refractivity contribution is 0.304. The summed E-state index contributed by atoms with van der Waals surface area (Å²) in [6.07, 6.45) is 2.19. The molecule has 1 rings (SSSR count). The Hall–Kier alpha value is -1.56. The van der Waals surface area contributed by atoms with Crippen molar-refractivity contribution in [1.29, 1.82) is 5.26 Å². The Labute approximate surface area is 89.3 Å². The number of hydrogen-bond acceptors (Lipinski definition) is 2. The fraction of sp³-hybridized carbons (Fsp3) is 0.417. The Morgan fingerprint density at radius 2 is 2.20 bits per heavy atom. The molecule has 0 unspecified atom stereocenters. The number of nitriles is 1. The van der Waals surface area contributed by atoms with Gasteiger partial charge in [-0.25, -0.2) is 4.39 Å². The van der Waals surface area contributed by atoms with Crippen LogP contribution in [0.3, 0.4) is 0 Å². The van der Waals surface area contributed by atoms with Crippen LogP contribution in [0.25, 0.3) is 0 Å². The lowest BCUT2D eigenvalue weighted by atomic mass is 10.2. The largest absolute Gasteiger partial charge is 0.493 e. The van der Waals surface area contributed by atoms with Crippen LogP contribution in [0.4, 0.5) is 4.39 Å². The maximum Gasteiger partial charge on any atom is 0.126 e. The lowest BCUT2D eigenvalue weighted by Crippen LogP contribution is -1.99. The summed E-state index contributed by atoms with van der Waals surface area (Å²) >= 11 is 0. The highest BCUT2D eigenvalue weighted by atomic mass is 19.1. The van der Waals surface area contributed by atoms with Crippen molar-refractivity contribution in [3.8, 4) is 11.8 Å². The highest BCUT2D eigenvalue weighted by Crippen LogP contribution is 2.18. The topological polar surface area (TPSA) is 33.0 Å².